The Hall–Kier alpha value is -2.71. The number of hydrogen-bond donors (Lipinski definition) is 0. The van der Waals surface area contributed by atoms with Gasteiger partial charge in [0.05, 0.1) is 22.7 Å². The number of nitrogens with zero attached hydrogens (tertiary/aromatic N) is 5. The van der Waals surface area contributed by atoms with Crippen molar-refractivity contribution in [1.82, 2.24) is 25.1 Å². The summed E-state index contributed by atoms with van der Waals surface area (Å²) in [6.07, 6.45) is 0. The fraction of sp³-hybridized carbons (Fsp3) is 0.0625. The number of carbonyl (C=O) groups is 2. The van der Waals surface area contributed by atoms with E-state index in [-0.39, 0.29) is 17.7 Å². The van der Waals surface area contributed by atoms with Crippen LogP contribution in [0.4, 0.5) is 0 Å². The molecule has 0 bridgehead atoms. The second-order valence-electron chi connectivity index (χ2n) is 5.21. The van der Waals surface area contributed by atoms with Crippen molar-refractivity contribution in [3.63, 3.8) is 0 Å². The van der Waals surface area contributed by atoms with E-state index in [1.165, 1.54) is 21.3 Å². The number of carbonyl (C=O) groups excluding carboxylic acids is 2. The topological polar surface area (TPSA) is 81.0 Å². The van der Waals surface area contributed by atoms with Crippen molar-refractivity contribution in [2.75, 3.05) is 5.88 Å². The number of fused-ring (bicyclic) bond motifs is 1. The highest BCUT2D eigenvalue weighted by Gasteiger charge is 2.35. The fourth-order valence-corrected chi connectivity index (χ4v) is 3.46. The Morgan fingerprint density at radius 1 is 0.960 bits per heavy atom. The molecule has 7 nitrogen and oxygen atoms in total. The molecule has 25 heavy (non-hydrogen) atoms. The van der Waals surface area contributed by atoms with Crippen LogP contribution in [0.2, 0.25) is 5.02 Å². The van der Waals surface area contributed by atoms with Crippen LogP contribution < -0.4 is 0 Å². The van der Waals surface area contributed by atoms with Crippen LogP contribution >= 0.6 is 23.4 Å². The summed E-state index contributed by atoms with van der Waals surface area (Å²) < 4.78 is 1.53. The summed E-state index contributed by atoms with van der Waals surface area (Å²) in [5.74, 6) is -0.488. The van der Waals surface area contributed by atoms with Crippen molar-refractivity contribution in [3.05, 3.63) is 64.7 Å². The van der Waals surface area contributed by atoms with E-state index in [0.717, 1.165) is 5.69 Å². The van der Waals surface area contributed by atoms with Gasteiger partial charge in [0, 0.05) is 5.02 Å². The monoisotopic (exact) mass is 371 g/mol. The molecule has 0 atom stereocenters. The SMILES string of the molecule is O=C1c2ccccc2C(=O)N1CSc1nnnn1-c1ccc(Cl)cc1. The van der Waals surface area contributed by atoms with Crippen molar-refractivity contribution in [3.8, 4) is 5.69 Å². The molecule has 1 aromatic heterocycles. The van der Waals surface area contributed by atoms with Crippen LogP contribution in [0.15, 0.2) is 53.7 Å². The van der Waals surface area contributed by atoms with Gasteiger partial charge in [-0.05, 0) is 46.8 Å². The highest BCUT2D eigenvalue weighted by Crippen LogP contribution is 2.27. The summed E-state index contributed by atoms with van der Waals surface area (Å²) >= 11 is 7.09. The quantitative estimate of drug-likeness (QED) is 0.518. The lowest BCUT2D eigenvalue weighted by Gasteiger charge is -2.12. The Morgan fingerprint density at radius 3 is 2.24 bits per heavy atom. The third kappa shape index (κ3) is 2.79. The minimum Gasteiger partial charge on any atom is -0.269 e. The van der Waals surface area contributed by atoms with Crippen LogP contribution in [0.1, 0.15) is 20.7 Å². The third-order valence-electron chi connectivity index (χ3n) is 3.71. The van der Waals surface area contributed by atoms with Crippen LogP contribution in [-0.2, 0) is 0 Å². The van der Waals surface area contributed by atoms with Gasteiger partial charge in [-0.25, -0.2) is 0 Å². The van der Waals surface area contributed by atoms with Crippen LogP contribution in [0.25, 0.3) is 5.69 Å². The normalized spacial score (nSPS) is 13.4. The molecule has 0 radical (unpaired) electrons. The molecule has 2 aromatic carbocycles. The van der Waals surface area contributed by atoms with Crippen LogP contribution in [0, 0.1) is 0 Å². The van der Waals surface area contributed by atoms with Gasteiger partial charge in [-0.15, -0.1) is 5.10 Å². The lowest BCUT2D eigenvalue weighted by atomic mass is 10.1. The smallest absolute Gasteiger partial charge is 0.262 e. The number of rotatable bonds is 4. The van der Waals surface area contributed by atoms with Gasteiger partial charge in [0.15, 0.2) is 0 Å². The first kappa shape index (κ1) is 15.8. The predicted octanol–water partition coefficient (Wildman–Crippen LogP) is 2.66. The number of imide groups is 1. The molecule has 4 rings (SSSR count). The van der Waals surface area contributed by atoms with Crippen LogP contribution in [-0.4, -0.2) is 42.8 Å². The Bertz CT molecular complexity index is 938. The van der Waals surface area contributed by atoms with Crippen LogP contribution in [0.5, 0.6) is 0 Å². The molecule has 0 saturated heterocycles. The van der Waals surface area contributed by atoms with E-state index in [1.807, 2.05) is 0 Å². The molecule has 0 aliphatic carbocycles. The Morgan fingerprint density at radius 2 is 1.60 bits per heavy atom. The Balaban J connectivity index is 1.54. The van der Waals surface area contributed by atoms with E-state index in [1.54, 1.807) is 48.5 Å². The molecule has 9 heteroatoms. The second-order valence-corrected chi connectivity index (χ2v) is 6.56. The number of tetrazole rings is 1. The van der Waals surface area contributed by atoms with Gasteiger partial charge in [0.25, 0.3) is 11.8 Å². The summed E-state index contributed by atoms with van der Waals surface area (Å²) in [6.45, 7) is 0. The molecule has 0 fully saturated rings. The zero-order valence-electron chi connectivity index (χ0n) is 12.7. The van der Waals surface area contributed by atoms with Crippen molar-refractivity contribution in [2.24, 2.45) is 0 Å². The van der Waals surface area contributed by atoms with Crippen molar-refractivity contribution in [1.29, 1.82) is 0 Å². The highest BCUT2D eigenvalue weighted by atomic mass is 35.5. The Kier molecular flexibility index (Phi) is 3.98. The minimum absolute atomic E-state index is 0.125. The lowest BCUT2D eigenvalue weighted by Crippen LogP contribution is -2.29. The lowest BCUT2D eigenvalue weighted by molar-refractivity contribution is 0.0684. The second kappa shape index (κ2) is 6.30. The van der Waals surface area contributed by atoms with E-state index in [0.29, 0.717) is 21.3 Å². The molecule has 0 saturated carbocycles. The number of benzene rings is 2. The highest BCUT2D eigenvalue weighted by molar-refractivity contribution is 7.99. The molecule has 0 spiro atoms. The summed E-state index contributed by atoms with van der Waals surface area (Å²) in [5.41, 5.74) is 1.58. The first-order chi connectivity index (χ1) is 12.1. The molecule has 3 aromatic rings. The van der Waals surface area contributed by atoms with Gasteiger partial charge < -0.3 is 0 Å². The van der Waals surface area contributed by atoms with E-state index in [9.17, 15) is 9.59 Å². The zero-order valence-corrected chi connectivity index (χ0v) is 14.2. The maximum absolute atomic E-state index is 12.4. The molecule has 124 valence electrons. The van der Waals surface area contributed by atoms with Gasteiger partial charge in [-0.3, -0.25) is 14.5 Å². The first-order valence-corrected chi connectivity index (χ1v) is 8.64. The fourth-order valence-electron chi connectivity index (χ4n) is 2.49. The van der Waals surface area contributed by atoms with E-state index in [4.69, 9.17) is 11.6 Å². The predicted molar refractivity (Wildman–Crippen MR) is 91.8 cm³/mol. The molecule has 1 aliphatic heterocycles. The number of aromatic nitrogens is 4. The van der Waals surface area contributed by atoms with E-state index < -0.39 is 0 Å². The average molecular weight is 372 g/mol. The van der Waals surface area contributed by atoms with Gasteiger partial charge in [0.2, 0.25) is 5.16 Å². The Labute approximate surface area is 151 Å². The van der Waals surface area contributed by atoms with Gasteiger partial charge >= 0.3 is 0 Å². The third-order valence-corrected chi connectivity index (χ3v) is 4.87. The molecule has 0 N–H and O–H groups in total. The van der Waals surface area contributed by atoms with Crippen LogP contribution in [0.3, 0.4) is 0 Å². The summed E-state index contributed by atoms with van der Waals surface area (Å²) in [4.78, 5) is 25.9. The largest absolute Gasteiger partial charge is 0.269 e. The average Bonchev–Trinajstić information content (AvgIpc) is 3.19. The summed E-state index contributed by atoms with van der Waals surface area (Å²) in [6, 6.07) is 13.8. The van der Waals surface area contributed by atoms with Crippen molar-refractivity contribution in [2.45, 2.75) is 5.16 Å². The number of amides is 2. The van der Waals surface area contributed by atoms with E-state index >= 15 is 0 Å². The standard InChI is InChI=1S/C16H10ClN5O2S/c17-10-5-7-11(8-6-10)22-16(18-19-20-22)25-9-21-14(23)12-3-1-2-4-13(12)15(21)24/h1-8H,9H2. The summed E-state index contributed by atoms with van der Waals surface area (Å²) in [5, 5.41) is 12.6. The first-order valence-electron chi connectivity index (χ1n) is 7.27. The number of hydrogen-bond acceptors (Lipinski definition) is 6. The number of thioether (sulfide) groups is 1. The molecular weight excluding hydrogens is 362 g/mol. The van der Waals surface area contributed by atoms with Gasteiger partial charge in [-0.1, -0.05) is 35.5 Å². The van der Waals surface area contributed by atoms with Gasteiger partial charge in [0.1, 0.15) is 0 Å². The van der Waals surface area contributed by atoms with Crippen molar-refractivity contribution < 1.29 is 9.59 Å². The zero-order chi connectivity index (χ0) is 17.4. The molecule has 0 unspecified atom stereocenters. The van der Waals surface area contributed by atoms with Gasteiger partial charge in [-0.2, -0.15) is 4.68 Å². The molecular formula is C16H10ClN5O2S. The summed E-state index contributed by atoms with van der Waals surface area (Å²) in [7, 11) is 0. The molecule has 2 amide bonds. The van der Waals surface area contributed by atoms with E-state index in [2.05, 4.69) is 15.5 Å². The maximum Gasteiger partial charge on any atom is 0.262 e. The minimum atomic E-state index is -0.307. The molecule has 1 aliphatic rings. The maximum atomic E-state index is 12.4. The molecule has 2 heterocycles. The van der Waals surface area contributed by atoms with Crippen molar-refractivity contribution >= 4 is 35.2 Å². The number of halogens is 1.